The van der Waals surface area contributed by atoms with Crippen molar-refractivity contribution in [3.05, 3.63) is 77.6 Å². The second-order valence-electron chi connectivity index (χ2n) is 5.16. The third-order valence-electron chi connectivity index (χ3n) is 3.69. The van der Waals surface area contributed by atoms with Crippen LogP contribution < -0.4 is 0 Å². The van der Waals surface area contributed by atoms with Gasteiger partial charge in [-0.1, -0.05) is 42.5 Å². The van der Waals surface area contributed by atoms with Gasteiger partial charge in [0.05, 0.1) is 5.56 Å². The van der Waals surface area contributed by atoms with Gasteiger partial charge in [-0.25, -0.2) is 9.78 Å². The van der Waals surface area contributed by atoms with Crippen molar-refractivity contribution in [2.24, 2.45) is 0 Å². The lowest BCUT2D eigenvalue weighted by molar-refractivity contribution is 0.0695. The number of carboxylic acids is 1. The van der Waals surface area contributed by atoms with Crippen molar-refractivity contribution in [1.82, 2.24) is 9.55 Å². The molecule has 0 spiro atoms. The van der Waals surface area contributed by atoms with Gasteiger partial charge >= 0.3 is 5.97 Å². The summed E-state index contributed by atoms with van der Waals surface area (Å²) < 4.78 is 1.98. The Kier molecular flexibility index (Phi) is 3.74. The minimum absolute atomic E-state index is 0.326. The summed E-state index contributed by atoms with van der Waals surface area (Å²) in [7, 11) is 0. The van der Waals surface area contributed by atoms with Gasteiger partial charge in [0.25, 0.3) is 0 Å². The van der Waals surface area contributed by atoms with Gasteiger partial charge < -0.3 is 9.67 Å². The van der Waals surface area contributed by atoms with Crippen molar-refractivity contribution >= 4 is 5.97 Å². The van der Waals surface area contributed by atoms with Gasteiger partial charge in [-0.05, 0) is 24.1 Å². The zero-order valence-electron chi connectivity index (χ0n) is 12.2. The number of imidazole rings is 1. The summed E-state index contributed by atoms with van der Waals surface area (Å²) in [5.41, 5.74) is 3.29. The van der Waals surface area contributed by atoms with Crippen molar-refractivity contribution in [3.8, 4) is 11.4 Å². The first kappa shape index (κ1) is 14.1. The predicted molar refractivity (Wildman–Crippen MR) is 84.9 cm³/mol. The highest BCUT2D eigenvalue weighted by Crippen LogP contribution is 2.22. The van der Waals surface area contributed by atoms with Crippen LogP contribution in [0.15, 0.2) is 60.9 Å². The summed E-state index contributed by atoms with van der Waals surface area (Å²) in [6, 6.07) is 15.1. The number of aryl methyl sites for hydroxylation is 1. The van der Waals surface area contributed by atoms with E-state index in [4.69, 9.17) is 0 Å². The first-order valence-electron chi connectivity index (χ1n) is 7.05. The summed E-state index contributed by atoms with van der Waals surface area (Å²) in [4.78, 5) is 15.8. The van der Waals surface area contributed by atoms with Gasteiger partial charge in [0.2, 0.25) is 0 Å². The zero-order chi connectivity index (χ0) is 15.5. The molecule has 110 valence electrons. The lowest BCUT2D eigenvalue weighted by Crippen LogP contribution is -2.07. The highest BCUT2D eigenvalue weighted by atomic mass is 16.4. The Morgan fingerprint density at radius 1 is 1.14 bits per heavy atom. The molecule has 1 heterocycles. The SMILES string of the molecule is Cc1ccccc1-c1nccn1Cc1ccccc1C(=O)O. The number of carboxylic acid groups (broad SMARTS) is 1. The monoisotopic (exact) mass is 292 g/mol. The molecule has 0 bridgehead atoms. The normalized spacial score (nSPS) is 10.6. The quantitative estimate of drug-likeness (QED) is 0.799. The fraction of sp³-hybridized carbons (Fsp3) is 0.111. The summed E-state index contributed by atoms with van der Waals surface area (Å²) in [5.74, 6) is -0.0635. The second kappa shape index (κ2) is 5.85. The van der Waals surface area contributed by atoms with Crippen LogP contribution >= 0.6 is 0 Å². The van der Waals surface area contributed by atoms with Gasteiger partial charge in [-0.2, -0.15) is 0 Å². The van der Waals surface area contributed by atoms with Crippen LogP contribution in [0, 0.1) is 6.92 Å². The van der Waals surface area contributed by atoms with Gasteiger partial charge in [0, 0.05) is 24.5 Å². The van der Waals surface area contributed by atoms with E-state index in [1.165, 1.54) is 0 Å². The highest BCUT2D eigenvalue weighted by Gasteiger charge is 2.13. The van der Waals surface area contributed by atoms with Crippen LogP contribution in [0.1, 0.15) is 21.5 Å². The van der Waals surface area contributed by atoms with E-state index in [-0.39, 0.29) is 0 Å². The van der Waals surface area contributed by atoms with E-state index in [2.05, 4.69) is 4.98 Å². The molecule has 1 N–H and O–H groups in total. The van der Waals surface area contributed by atoms with Crippen molar-refractivity contribution in [2.75, 3.05) is 0 Å². The number of carbonyl (C=O) groups is 1. The Labute approximate surface area is 128 Å². The maximum Gasteiger partial charge on any atom is 0.336 e. The van der Waals surface area contributed by atoms with E-state index in [9.17, 15) is 9.90 Å². The van der Waals surface area contributed by atoms with Gasteiger partial charge in [0.15, 0.2) is 0 Å². The van der Waals surface area contributed by atoms with Crippen molar-refractivity contribution in [3.63, 3.8) is 0 Å². The molecule has 2 aromatic carbocycles. The molecule has 0 aliphatic heterocycles. The van der Waals surface area contributed by atoms with E-state index in [1.54, 1.807) is 18.3 Å². The summed E-state index contributed by atoms with van der Waals surface area (Å²) in [6.45, 7) is 2.52. The van der Waals surface area contributed by atoms with Crippen LogP contribution in [0.2, 0.25) is 0 Å². The van der Waals surface area contributed by atoms with Crippen LogP contribution in [-0.2, 0) is 6.54 Å². The fourth-order valence-electron chi connectivity index (χ4n) is 2.56. The third-order valence-corrected chi connectivity index (χ3v) is 3.69. The minimum Gasteiger partial charge on any atom is -0.478 e. The molecule has 0 saturated carbocycles. The zero-order valence-corrected chi connectivity index (χ0v) is 12.2. The summed E-state index contributed by atoms with van der Waals surface area (Å²) >= 11 is 0. The van der Waals surface area contributed by atoms with Crippen molar-refractivity contribution < 1.29 is 9.90 Å². The third kappa shape index (κ3) is 2.63. The predicted octanol–water partition coefficient (Wildman–Crippen LogP) is 3.61. The van der Waals surface area contributed by atoms with Gasteiger partial charge in [-0.3, -0.25) is 0 Å². The van der Waals surface area contributed by atoms with Gasteiger partial charge in [0.1, 0.15) is 5.82 Å². The summed E-state index contributed by atoms with van der Waals surface area (Å²) in [5, 5.41) is 9.30. The van der Waals surface area contributed by atoms with E-state index in [0.29, 0.717) is 12.1 Å². The molecule has 4 nitrogen and oxygen atoms in total. The van der Waals surface area contributed by atoms with Crippen LogP contribution in [-0.4, -0.2) is 20.6 Å². The molecule has 3 aromatic rings. The van der Waals surface area contributed by atoms with E-state index < -0.39 is 5.97 Å². The second-order valence-corrected chi connectivity index (χ2v) is 5.16. The molecule has 1 aromatic heterocycles. The Morgan fingerprint density at radius 2 is 1.86 bits per heavy atom. The number of rotatable bonds is 4. The molecular formula is C18H16N2O2. The number of hydrogen-bond acceptors (Lipinski definition) is 2. The van der Waals surface area contributed by atoms with E-state index >= 15 is 0 Å². The number of aromatic nitrogens is 2. The molecule has 0 aliphatic rings. The number of hydrogen-bond donors (Lipinski definition) is 1. The Balaban J connectivity index is 2.01. The van der Waals surface area contributed by atoms with Gasteiger partial charge in [-0.15, -0.1) is 0 Å². The first-order valence-corrected chi connectivity index (χ1v) is 7.05. The van der Waals surface area contributed by atoms with Crippen molar-refractivity contribution in [1.29, 1.82) is 0 Å². The minimum atomic E-state index is -0.909. The molecule has 0 amide bonds. The maximum absolute atomic E-state index is 11.3. The molecule has 0 saturated heterocycles. The van der Waals surface area contributed by atoms with Crippen LogP contribution in [0.3, 0.4) is 0 Å². The molecule has 0 atom stereocenters. The van der Waals surface area contributed by atoms with Crippen molar-refractivity contribution in [2.45, 2.75) is 13.5 Å². The maximum atomic E-state index is 11.3. The molecule has 0 aliphatic carbocycles. The molecule has 0 radical (unpaired) electrons. The molecular weight excluding hydrogens is 276 g/mol. The smallest absolute Gasteiger partial charge is 0.336 e. The molecule has 0 fully saturated rings. The average Bonchev–Trinajstić information content (AvgIpc) is 2.96. The number of nitrogens with zero attached hydrogens (tertiary/aromatic N) is 2. The van der Waals surface area contributed by atoms with E-state index in [0.717, 1.165) is 22.5 Å². The van der Waals surface area contributed by atoms with Crippen LogP contribution in [0.5, 0.6) is 0 Å². The molecule has 4 heteroatoms. The molecule has 0 unspecified atom stereocenters. The Hall–Kier alpha value is -2.88. The van der Waals surface area contributed by atoms with Crippen LogP contribution in [0.25, 0.3) is 11.4 Å². The highest BCUT2D eigenvalue weighted by molar-refractivity contribution is 5.89. The number of benzene rings is 2. The van der Waals surface area contributed by atoms with Crippen LogP contribution in [0.4, 0.5) is 0 Å². The average molecular weight is 292 g/mol. The Morgan fingerprint density at radius 3 is 2.64 bits per heavy atom. The lowest BCUT2D eigenvalue weighted by Gasteiger charge is -2.11. The number of aromatic carboxylic acids is 1. The Bertz CT molecular complexity index is 821. The first-order chi connectivity index (χ1) is 10.7. The summed E-state index contributed by atoms with van der Waals surface area (Å²) in [6.07, 6.45) is 3.62. The lowest BCUT2D eigenvalue weighted by atomic mass is 10.1. The largest absolute Gasteiger partial charge is 0.478 e. The topological polar surface area (TPSA) is 55.1 Å². The molecule has 3 rings (SSSR count). The van der Waals surface area contributed by atoms with E-state index in [1.807, 2.05) is 54.1 Å². The fourth-order valence-corrected chi connectivity index (χ4v) is 2.56. The molecule has 22 heavy (non-hydrogen) atoms. The standard InChI is InChI=1S/C18H16N2O2/c1-13-6-2-4-8-15(13)17-19-10-11-20(17)12-14-7-3-5-9-16(14)18(21)22/h2-11H,12H2,1H3,(H,21,22).